The molecule has 0 aliphatic carbocycles. The second-order valence-electron chi connectivity index (χ2n) is 5.64. The Balaban J connectivity index is 1.50. The SMILES string of the molecule is O=C1c2ccccc2CCN1CCCCc1ccccc1. The lowest BCUT2D eigenvalue weighted by Crippen LogP contribution is -2.38. The van der Waals surface area contributed by atoms with Gasteiger partial charge in [0.15, 0.2) is 0 Å². The van der Waals surface area contributed by atoms with Crippen molar-refractivity contribution in [2.75, 3.05) is 13.1 Å². The Morgan fingerprint density at radius 2 is 1.67 bits per heavy atom. The zero-order valence-corrected chi connectivity index (χ0v) is 12.3. The Labute approximate surface area is 126 Å². The number of unbranched alkanes of at least 4 members (excludes halogenated alkanes) is 1. The van der Waals surface area contributed by atoms with Crippen molar-refractivity contribution < 1.29 is 4.79 Å². The van der Waals surface area contributed by atoms with Crippen molar-refractivity contribution in [3.05, 3.63) is 71.3 Å². The molecule has 2 heteroatoms. The summed E-state index contributed by atoms with van der Waals surface area (Å²) in [6.45, 7) is 1.74. The minimum absolute atomic E-state index is 0.205. The lowest BCUT2D eigenvalue weighted by Gasteiger charge is -2.28. The molecule has 0 aromatic heterocycles. The molecule has 1 heterocycles. The van der Waals surface area contributed by atoms with Gasteiger partial charge >= 0.3 is 0 Å². The molecule has 2 nitrogen and oxygen atoms in total. The Kier molecular flexibility index (Phi) is 4.34. The van der Waals surface area contributed by atoms with Gasteiger partial charge in [-0.25, -0.2) is 0 Å². The number of rotatable bonds is 5. The standard InChI is InChI=1S/C19H21NO/c21-19-18-12-5-4-11-17(18)13-15-20(19)14-7-6-10-16-8-2-1-3-9-16/h1-5,8-9,11-12H,6-7,10,13-15H2. The molecule has 0 spiro atoms. The van der Waals surface area contributed by atoms with Crippen molar-refractivity contribution in [1.82, 2.24) is 4.90 Å². The molecule has 1 aliphatic rings. The first-order valence-corrected chi connectivity index (χ1v) is 7.76. The van der Waals surface area contributed by atoms with Gasteiger partial charge in [-0.3, -0.25) is 4.79 Å². The Bertz CT molecular complexity index is 606. The number of carbonyl (C=O) groups excluding carboxylic acids is 1. The van der Waals surface area contributed by atoms with E-state index in [1.54, 1.807) is 0 Å². The van der Waals surface area contributed by atoms with Crippen LogP contribution < -0.4 is 0 Å². The summed E-state index contributed by atoms with van der Waals surface area (Å²) in [5.41, 5.74) is 3.47. The quantitative estimate of drug-likeness (QED) is 0.764. The van der Waals surface area contributed by atoms with E-state index < -0.39 is 0 Å². The molecule has 0 saturated heterocycles. The van der Waals surface area contributed by atoms with Crippen LogP contribution in [0.5, 0.6) is 0 Å². The average molecular weight is 279 g/mol. The van der Waals surface area contributed by atoms with Gasteiger partial charge in [-0.05, 0) is 42.9 Å². The second kappa shape index (κ2) is 6.57. The van der Waals surface area contributed by atoms with Gasteiger partial charge in [-0.15, -0.1) is 0 Å². The van der Waals surface area contributed by atoms with E-state index in [1.165, 1.54) is 11.1 Å². The average Bonchev–Trinajstić information content (AvgIpc) is 2.55. The number of nitrogens with zero attached hydrogens (tertiary/aromatic N) is 1. The molecule has 0 unspecified atom stereocenters. The van der Waals surface area contributed by atoms with Gasteiger partial charge in [0.1, 0.15) is 0 Å². The highest BCUT2D eigenvalue weighted by Crippen LogP contribution is 2.19. The molecule has 108 valence electrons. The van der Waals surface area contributed by atoms with Gasteiger partial charge in [0.2, 0.25) is 0 Å². The summed E-state index contributed by atoms with van der Waals surface area (Å²) in [5, 5.41) is 0. The van der Waals surface area contributed by atoms with Crippen molar-refractivity contribution in [2.45, 2.75) is 25.7 Å². The van der Waals surface area contributed by atoms with Crippen LogP contribution in [0.25, 0.3) is 0 Å². The van der Waals surface area contributed by atoms with Crippen LogP contribution in [0, 0.1) is 0 Å². The summed E-state index contributed by atoms with van der Waals surface area (Å²) in [7, 11) is 0. The van der Waals surface area contributed by atoms with Crippen molar-refractivity contribution >= 4 is 5.91 Å². The van der Waals surface area contributed by atoms with Crippen molar-refractivity contribution in [3.8, 4) is 0 Å². The van der Waals surface area contributed by atoms with Gasteiger partial charge in [0.05, 0.1) is 0 Å². The third-order valence-corrected chi connectivity index (χ3v) is 4.17. The summed E-state index contributed by atoms with van der Waals surface area (Å²) in [6.07, 6.45) is 4.29. The third-order valence-electron chi connectivity index (χ3n) is 4.17. The molecule has 2 aromatic carbocycles. The van der Waals surface area contributed by atoms with E-state index in [0.29, 0.717) is 0 Å². The predicted molar refractivity (Wildman–Crippen MR) is 85.4 cm³/mol. The van der Waals surface area contributed by atoms with Crippen LogP contribution in [-0.2, 0) is 12.8 Å². The summed E-state index contributed by atoms with van der Waals surface area (Å²) >= 11 is 0. The zero-order chi connectivity index (χ0) is 14.5. The van der Waals surface area contributed by atoms with Crippen LogP contribution in [0.3, 0.4) is 0 Å². The Morgan fingerprint density at radius 1 is 0.905 bits per heavy atom. The number of fused-ring (bicyclic) bond motifs is 1. The van der Waals surface area contributed by atoms with Gasteiger partial charge in [0.25, 0.3) is 5.91 Å². The molecular weight excluding hydrogens is 258 g/mol. The molecule has 0 saturated carbocycles. The van der Waals surface area contributed by atoms with Crippen LogP contribution in [0.4, 0.5) is 0 Å². The largest absolute Gasteiger partial charge is 0.338 e. The monoisotopic (exact) mass is 279 g/mol. The normalized spacial score (nSPS) is 14.1. The highest BCUT2D eigenvalue weighted by molar-refractivity contribution is 5.96. The number of amides is 1. The van der Waals surface area contributed by atoms with Crippen LogP contribution in [-0.4, -0.2) is 23.9 Å². The number of hydrogen-bond donors (Lipinski definition) is 0. The van der Waals surface area contributed by atoms with Crippen LogP contribution in [0.2, 0.25) is 0 Å². The predicted octanol–water partition coefficient (Wildman–Crippen LogP) is 3.71. The van der Waals surface area contributed by atoms with Crippen molar-refractivity contribution in [1.29, 1.82) is 0 Å². The van der Waals surface area contributed by atoms with E-state index in [4.69, 9.17) is 0 Å². The van der Waals surface area contributed by atoms with Crippen LogP contribution >= 0.6 is 0 Å². The molecule has 0 radical (unpaired) electrons. The number of benzene rings is 2. The second-order valence-corrected chi connectivity index (χ2v) is 5.64. The van der Waals surface area contributed by atoms with Gasteiger partial charge < -0.3 is 4.90 Å². The molecule has 0 atom stereocenters. The first-order valence-electron chi connectivity index (χ1n) is 7.76. The summed E-state index contributed by atoms with van der Waals surface area (Å²) in [5.74, 6) is 0.205. The number of hydrogen-bond acceptors (Lipinski definition) is 1. The highest BCUT2D eigenvalue weighted by Gasteiger charge is 2.22. The fourth-order valence-corrected chi connectivity index (χ4v) is 2.96. The van der Waals surface area contributed by atoms with Crippen LogP contribution in [0.1, 0.15) is 34.3 Å². The van der Waals surface area contributed by atoms with Gasteiger partial charge in [0, 0.05) is 18.7 Å². The van der Waals surface area contributed by atoms with Gasteiger partial charge in [-0.2, -0.15) is 0 Å². The maximum atomic E-state index is 12.4. The van der Waals surface area contributed by atoms with E-state index in [1.807, 2.05) is 29.2 Å². The molecule has 21 heavy (non-hydrogen) atoms. The highest BCUT2D eigenvalue weighted by atomic mass is 16.2. The maximum absolute atomic E-state index is 12.4. The minimum atomic E-state index is 0.205. The summed E-state index contributed by atoms with van der Waals surface area (Å²) in [6, 6.07) is 18.5. The fourth-order valence-electron chi connectivity index (χ4n) is 2.96. The molecule has 2 aromatic rings. The van der Waals surface area contributed by atoms with Gasteiger partial charge in [-0.1, -0.05) is 48.5 Å². The number of aryl methyl sites for hydroxylation is 1. The lowest BCUT2D eigenvalue weighted by atomic mass is 9.99. The molecular formula is C19H21NO. The molecule has 1 amide bonds. The van der Waals surface area contributed by atoms with Crippen LogP contribution in [0.15, 0.2) is 54.6 Å². The summed E-state index contributed by atoms with van der Waals surface area (Å²) in [4.78, 5) is 14.4. The Hall–Kier alpha value is -2.09. The summed E-state index contributed by atoms with van der Waals surface area (Å²) < 4.78 is 0. The lowest BCUT2D eigenvalue weighted by molar-refractivity contribution is 0.0737. The first kappa shape index (κ1) is 13.9. The maximum Gasteiger partial charge on any atom is 0.254 e. The first-order chi connectivity index (χ1) is 10.3. The smallest absolute Gasteiger partial charge is 0.254 e. The van der Waals surface area contributed by atoms with E-state index in [9.17, 15) is 4.79 Å². The van der Waals surface area contributed by atoms with E-state index in [2.05, 4.69) is 30.3 Å². The zero-order valence-electron chi connectivity index (χ0n) is 12.3. The minimum Gasteiger partial charge on any atom is -0.338 e. The molecule has 3 rings (SSSR count). The van der Waals surface area contributed by atoms with E-state index in [-0.39, 0.29) is 5.91 Å². The van der Waals surface area contributed by atoms with Crippen molar-refractivity contribution in [2.24, 2.45) is 0 Å². The van der Waals surface area contributed by atoms with Crippen molar-refractivity contribution in [3.63, 3.8) is 0 Å². The number of carbonyl (C=O) groups is 1. The molecule has 0 bridgehead atoms. The molecule has 0 N–H and O–H groups in total. The molecule has 0 fully saturated rings. The third kappa shape index (κ3) is 3.33. The van der Waals surface area contributed by atoms with E-state index >= 15 is 0 Å². The topological polar surface area (TPSA) is 20.3 Å². The van der Waals surface area contributed by atoms with E-state index in [0.717, 1.165) is 44.3 Å². The fraction of sp³-hybridized carbons (Fsp3) is 0.316. The molecule has 1 aliphatic heterocycles. The Morgan fingerprint density at radius 3 is 2.52 bits per heavy atom.